The van der Waals surface area contributed by atoms with E-state index in [2.05, 4.69) is 15.5 Å². The van der Waals surface area contributed by atoms with Crippen molar-refractivity contribution in [1.29, 1.82) is 0 Å². The molecule has 0 saturated heterocycles. The zero-order chi connectivity index (χ0) is 19.2. The van der Waals surface area contributed by atoms with Crippen molar-refractivity contribution in [3.63, 3.8) is 0 Å². The van der Waals surface area contributed by atoms with Crippen LogP contribution in [0.25, 0.3) is 11.3 Å². The Morgan fingerprint density at radius 1 is 1.19 bits per heavy atom. The van der Waals surface area contributed by atoms with Crippen LogP contribution < -0.4 is 15.6 Å². The van der Waals surface area contributed by atoms with E-state index in [-0.39, 0.29) is 6.10 Å². The first-order valence-corrected chi connectivity index (χ1v) is 9.37. The van der Waals surface area contributed by atoms with Crippen LogP contribution in [0.3, 0.4) is 0 Å². The fourth-order valence-corrected chi connectivity index (χ4v) is 3.08. The molecule has 0 atom stereocenters. The fraction of sp³-hybridized carbons (Fsp3) is 0.158. The first-order valence-electron chi connectivity index (χ1n) is 8.49. The van der Waals surface area contributed by atoms with Gasteiger partial charge in [-0.25, -0.2) is 4.98 Å². The van der Waals surface area contributed by atoms with Crippen molar-refractivity contribution in [2.45, 2.75) is 20.0 Å². The number of aromatic nitrogens is 1. The lowest BCUT2D eigenvalue weighted by molar-refractivity contribution is 0.242. The summed E-state index contributed by atoms with van der Waals surface area (Å²) >= 11 is 1.46. The summed E-state index contributed by atoms with van der Waals surface area (Å²) in [6.45, 7) is 3.85. The molecule has 8 heteroatoms. The minimum absolute atomic E-state index is 0.0117. The van der Waals surface area contributed by atoms with E-state index >= 15 is 0 Å². The SMILES string of the molecule is CC(C)Oc1ccc(B(O)O)cc1C=NNc1nc(-c2ccccc2)cs1. The van der Waals surface area contributed by atoms with E-state index in [9.17, 15) is 10.0 Å². The Labute approximate surface area is 162 Å². The van der Waals surface area contributed by atoms with E-state index in [1.807, 2.05) is 49.6 Å². The lowest BCUT2D eigenvalue weighted by atomic mass is 9.79. The molecule has 138 valence electrons. The van der Waals surface area contributed by atoms with Crippen molar-refractivity contribution in [2.75, 3.05) is 5.43 Å². The average molecular weight is 381 g/mol. The first-order chi connectivity index (χ1) is 13.0. The van der Waals surface area contributed by atoms with Gasteiger partial charge in [-0.3, -0.25) is 5.43 Å². The molecule has 0 aliphatic heterocycles. The molecule has 0 aliphatic carbocycles. The lowest BCUT2D eigenvalue weighted by Gasteiger charge is -2.13. The van der Waals surface area contributed by atoms with Gasteiger partial charge in [-0.2, -0.15) is 5.10 Å². The molecule has 0 bridgehead atoms. The summed E-state index contributed by atoms with van der Waals surface area (Å²) in [5, 5.41) is 25.6. The second-order valence-electron chi connectivity index (χ2n) is 6.11. The number of hydrogen-bond acceptors (Lipinski definition) is 7. The van der Waals surface area contributed by atoms with Crippen molar-refractivity contribution >= 4 is 35.3 Å². The van der Waals surface area contributed by atoms with Gasteiger partial charge in [0.05, 0.1) is 18.0 Å². The van der Waals surface area contributed by atoms with Gasteiger partial charge in [0.25, 0.3) is 0 Å². The Morgan fingerprint density at radius 2 is 1.96 bits per heavy atom. The molecule has 0 saturated carbocycles. The van der Waals surface area contributed by atoms with Crippen LogP contribution in [0, 0.1) is 0 Å². The predicted molar refractivity (Wildman–Crippen MR) is 111 cm³/mol. The van der Waals surface area contributed by atoms with Gasteiger partial charge in [0.2, 0.25) is 5.13 Å². The van der Waals surface area contributed by atoms with Gasteiger partial charge in [-0.05, 0) is 31.4 Å². The van der Waals surface area contributed by atoms with Crippen LogP contribution in [0.1, 0.15) is 19.4 Å². The first kappa shape index (κ1) is 19.1. The van der Waals surface area contributed by atoms with Gasteiger partial charge >= 0.3 is 7.12 Å². The van der Waals surface area contributed by atoms with Gasteiger partial charge in [0.1, 0.15) is 5.75 Å². The molecule has 3 rings (SSSR count). The Hall–Kier alpha value is -2.68. The molecule has 0 spiro atoms. The molecule has 0 aliphatic rings. The number of hydrogen-bond donors (Lipinski definition) is 3. The highest BCUT2D eigenvalue weighted by Crippen LogP contribution is 2.24. The molecule has 1 heterocycles. The standard InChI is InChI=1S/C19H20BN3O3S/c1-13(2)26-18-9-8-16(20(24)25)10-15(18)11-21-23-19-22-17(12-27-19)14-6-4-3-5-7-14/h3-13,24-25H,1-2H3,(H,22,23). The molecule has 3 N–H and O–H groups in total. The maximum absolute atomic E-state index is 9.38. The van der Waals surface area contributed by atoms with Crippen LogP contribution in [-0.2, 0) is 0 Å². The van der Waals surface area contributed by atoms with Gasteiger partial charge in [0, 0.05) is 16.5 Å². The van der Waals surface area contributed by atoms with Gasteiger partial charge < -0.3 is 14.8 Å². The van der Waals surface area contributed by atoms with E-state index in [0.717, 1.165) is 11.3 Å². The Morgan fingerprint density at radius 3 is 2.67 bits per heavy atom. The number of rotatable bonds is 7. The monoisotopic (exact) mass is 381 g/mol. The van der Waals surface area contributed by atoms with Gasteiger partial charge in [-0.1, -0.05) is 36.4 Å². The molecule has 3 aromatic rings. The Bertz CT molecular complexity index is 914. The van der Waals surface area contributed by atoms with Crippen molar-refractivity contribution in [2.24, 2.45) is 5.10 Å². The summed E-state index contributed by atoms with van der Waals surface area (Å²) in [7, 11) is -1.55. The highest BCUT2D eigenvalue weighted by Gasteiger charge is 2.14. The summed E-state index contributed by atoms with van der Waals surface area (Å²) in [5.41, 5.74) is 5.84. The predicted octanol–water partition coefficient (Wildman–Crippen LogP) is 2.72. The maximum atomic E-state index is 9.38. The Kier molecular flexibility index (Phi) is 6.23. The third-order valence-electron chi connectivity index (χ3n) is 3.63. The number of nitrogens with zero attached hydrogens (tertiary/aromatic N) is 2. The molecule has 6 nitrogen and oxygen atoms in total. The summed E-state index contributed by atoms with van der Waals surface area (Å²) in [4.78, 5) is 4.51. The smallest absolute Gasteiger partial charge is 0.488 e. The topological polar surface area (TPSA) is 87.0 Å². The third kappa shape index (κ3) is 5.16. The van der Waals surface area contributed by atoms with Crippen molar-refractivity contribution in [1.82, 2.24) is 4.98 Å². The summed E-state index contributed by atoms with van der Waals surface area (Å²) in [6, 6.07) is 14.9. The Balaban J connectivity index is 1.75. The molecule has 2 aromatic carbocycles. The molecule has 1 aromatic heterocycles. The zero-order valence-electron chi connectivity index (χ0n) is 15.0. The number of anilines is 1. The van der Waals surface area contributed by atoms with Crippen LogP contribution >= 0.6 is 11.3 Å². The number of ether oxygens (including phenoxy) is 1. The lowest BCUT2D eigenvalue weighted by Crippen LogP contribution is -2.30. The number of thiazole rings is 1. The quantitative estimate of drug-likeness (QED) is 0.333. The fourth-order valence-electron chi connectivity index (χ4n) is 2.41. The minimum atomic E-state index is -1.55. The minimum Gasteiger partial charge on any atom is -0.490 e. The van der Waals surface area contributed by atoms with Crippen LogP contribution in [0.2, 0.25) is 0 Å². The molecular formula is C19H20BN3O3S. The molecule has 0 fully saturated rings. The average Bonchev–Trinajstić information content (AvgIpc) is 3.12. The van der Waals surface area contributed by atoms with E-state index in [0.29, 0.717) is 21.9 Å². The molecule has 0 radical (unpaired) electrons. The van der Waals surface area contributed by atoms with Crippen molar-refractivity contribution < 1.29 is 14.8 Å². The second-order valence-corrected chi connectivity index (χ2v) is 6.97. The van der Waals surface area contributed by atoms with Crippen LogP contribution in [0.15, 0.2) is 59.0 Å². The zero-order valence-corrected chi connectivity index (χ0v) is 15.9. The summed E-state index contributed by atoms with van der Waals surface area (Å²) in [6.07, 6.45) is 1.56. The van der Waals surface area contributed by atoms with E-state index in [1.54, 1.807) is 24.4 Å². The largest absolute Gasteiger partial charge is 0.490 e. The number of benzene rings is 2. The highest BCUT2D eigenvalue weighted by molar-refractivity contribution is 7.14. The normalized spacial score (nSPS) is 11.1. The van der Waals surface area contributed by atoms with Gasteiger partial charge in [-0.15, -0.1) is 11.3 Å². The molecule has 27 heavy (non-hydrogen) atoms. The molecule has 0 unspecified atom stereocenters. The van der Waals surface area contributed by atoms with Crippen LogP contribution in [0.4, 0.5) is 5.13 Å². The van der Waals surface area contributed by atoms with Gasteiger partial charge in [0.15, 0.2) is 0 Å². The summed E-state index contributed by atoms with van der Waals surface area (Å²) in [5.74, 6) is 0.615. The number of hydrazone groups is 1. The highest BCUT2D eigenvalue weighted by atomic mass is 32.1. The van der Waals surface area contributed by atoms with Crippen molar-refractivity contribution in [3.8, 4) is 17.0 Å². The van der Waals surface area contributed by atoms with E-state index < -0.39 is 7.12 Å². The summed E-state index contributed by atoms with van der Waals surface area (Å²) < 4.78 is 5.75. The van der Waals surface area contributed by atoms with E-state index in [4.69, 9.17) is 4.74 Å². The maximum Gasteiger partial charge on any atom is 0.488 e. The van der Waals surface area contributed by atoms with E-state index in [1.165, 1.54) is 11.3 Å². The number of nitrogens with one attached hydrogen (secondary N) is 1. The molecule has 0 amide bonds. The van der Waals surface area contributed by atoms with Crippen LogP contribution in [-0.4, -0.2) is 34.5 Å². The second kappa shape index (κ2) is 8.81. The third-order valence-corrected chi connectivity index (χ3v) is 4.38. The van der Waals surface area contributed by atoms with Crippen LogP contribution in [0.5, 0.6) is 5.75 Å². The molecular weight excluding hydrogens is 361 g/mol. The van der Waals surface area contributed by atoms with Crippen molar-refractivity contribution in [3.05, 3.63) is 59.5 Å².